The fraction of sp³-hybridized carbons (Fsp3) is 0.385. The molecule has 4 nitrogen and oxygen atoms in total. The zero-order valence-electron chi connectivity index (χ0n) is 12.9. The van der Waals surface area contributed by atoms with E-state index in [0.29, 0.717) is 10.5 Å². The molecule has 0 atom stereocenters. The third-order valence-electron chi connectivity index (χ3n) is 2.90. The smallest absolute Gasteiger partial charge is 1.00 e. The second-order valence-electron chi connectivity index (χ2n) is 4.48. The molecule has 0 spiro atoms. The van der Waals surface area contributed by atoms with Crippen LogP contribution < -0.4 is 0 Å². The first kappa shape index (κ1) is 18.0. The average Bonchev–Trinajstić information content (AvgIpc) is 3.20. The molecule has 0 N–H and O–H groups in total. The standard InChI is InChI=1S/C13H13Cl2NO3.Ca.2H/c14-11-4-2-1-3-10(11)13(18)16(15)19-12(17)8-7-9-5-6-9;;;/h1-4,9H,5-8H2;;;/q;+2;2*-1. The zero-order chi connectivity index (χ0) is 13.8. The molecule has 0 unspecified atom stereocenters. The predicted octanol–water partition coefficient (Wildman–Crippen LogP) is 3.43. The third kappa shape index (κ3) is 5.41. The maximum Gasteiger partial charge on any atom is 2.00 e. The summed E-state index contributed by atoms with van der Waals surface area (Å²) in [7, 11) is 0. The number of halogens is 2. The number of hydrogen-bond acceptors (Lipinski definition) is 3. The first-order valence-electron chi connectivity index (χ1n) is 6.03. The predicted molar refractivity (Wildman–Crippen MR) is 79.5 cm³/mol. The Bertz CT molecular complexity index is 504. The van der Waals surface area contributed by atoms with E-state index >= 15 is 0 Å². The van der Waals surface area contributed by atoms with Crippen molar-refractivity contribution in [2.75, 3.05) is 0 Å². The van der Waals surface area contributed by atoms with E-state index in [-0.39, 0.29) is 57.6 Å². The molecule has 0 bridgehead atoms. The van der Waals surface area contributed by atoms with Crippen molar-refractivity contribution in [3.05, 3.63) is 34.9 Å². The van der Waals surface area contributed by atoms with Gasteiger partial charge in [-0.2, -0.15) is 0 Å². The average molecular weight is 344 g/mol. The maximum atomic E-state index is 11.9. The summed E-state index contributed by atoms with van der Waals surface area (Å²) in [5, 5.41) is 0.257. The number of hydroxylamine groups is 1. The van der Waals surface area contributed by atoms with Crippen LogP contribution in [-0.4, -0.2) is 54.2 Å². The molecule has 1 saturated carbocycles. The minimum Gasteiger partial charge on any atom is -1.00 e. The van der Waals surface area contributed by atoms with Gasteiger partial charge in [0.05, 0.1) is 22.4 Å². The molecule has 1 fully saturated rings. The van der Waals surface area contributed by atoms with Gasteiger partial charge in [-0.3, -0.25) is 4.79 Å². The molecule has 1 aliphatic rings. The second-order valence-corrected chi connectivity index (χ2v) is 5.19. The van der Waals surface area contributed by atoms with Crippen LogP contribution >= 0.6 is 23.4 Å². The Morgan fingerprint density at radius 2 is 2.00 bits per heavy atom. The van der Waals surface area contributed by atoms with Gasteiger partial charge in [-0.15, -0.1) is 0 Å². The molecular weight excluding hydrogens is 329 g/mol. The van der Waals surface area contributed by atoms with Gasteiger partial charge in [-0.25, -0.2) is 4.79 Å². The SMILES string of the molecule is O=C(CCC1CC1)ON(Cl)C(=O)c1ccccc1Cl.[Ca+2].[H-].[H-]. The number of carbonyl (C=O) groups excluding carboxylic acids is 2. The molecule has 1 amide bonds. The van der Waals surface area contributed by atoms with E-state index in [1.54, 1.807) is 18.2 Å². The third-order valence-corrected chi connectivity index (χ3v) is 3.45. The van der Waals surface area contributed by atoms with Crippen LogP contribution in [0.3, 0.4) is 0 Å². The van der Waals surface area contributed by atoms with Crippen molar-refractivity contribution < 1.29 is 17.3 Å². The van der Waals surface area contributed by atoms with Crippen LogP contribution in [0.25, 0.3) is 0 Å². The Balaban J connectivity index is 0. The largest absolute Gasteiger partial charge is 2.00 e. The summed E-state index contributed by atoms with van der Waals surface area (Å²) in [6.45, 7) is 0. The van der Waals surface area contributed by atoms with Crippen molar-refractivity contribution in [1.82, 2.24) is 4.58 Å². The number of carbonyl (C=O) groups is 2. The topological polar surface area (TPSA) is 46.6 Å². The van der Waals surface area contributed by atoms with Crippen molar-refractivity contribution in [3.63, 3.8) is 0 Å². The summed E-state index contributed by atoms with van der Waals surface area (Å²) < 4.78 is 0.413. The van der Waals surface area contributed by atoms with Crippen LogP contribution in [0.2, 0.25) is 5.02 Å². The second kappa shape index (κ2) is 8.44. The van der Waals surface area contributed by atoms with Crippen molar-refractivity contribution in [1.29, 1.82) is 0 Å². The fourth-order valence-electron chi connectivity index (χ4n) is 1.63. The van der Waals surface area contributed by atoms with Gasteiger partial charge in [0.1, 0.15) is 0 Å². The molecular formula is C13H15CaCl2NO3. The molecule has 7 heteroatoms. The van der Waals surface area contributed by atoms with Gasteiger partial charge in [0.25, 0.3) is 0 Å². The van der Waals surface area contributed by atoms with E-state index in [4.69, 9.17) is 28.2 Å². The molecule has 0 saturated heterocycles. The summed E-state index contributed by atoms with van der Waals surface area (Å²) >= 11 is 11.5. The first-order valence-corrected chi connectivity index (χ1v) is 6.75. The molecule has 106 valence electrons. The van der Waals surface area contributed by atoms with Gasteiger partial charge < -0.3 is 7.69 Å². The molecule has 1 aliphatic carbocycles. The summed E-state index contributed by atoms with van der Waals surface area (Å²) in [5.41, 5.74) is 0.189. The summed E-state index contributed by atoms with van der Waals surface area (Å²) in [5.74, 6) is -0.551. The quantitative estimate of drug-likeness (QED) is 0.478. The van der Waals surface area contributed by atoms with E-state index in [2.05, 4.69) is 0 Å². The minimum absolute atomic E-state index is 0. The van der Waals surface area contributed by atoms with Crippen LogP contribution in [0.4, 0.5) is 0 Å². The van der Waals surface area contributed by atoms with E-state index in [0.717, 1.165) is 19.3 Å². The number of benzene rings is 1. The van der Waals surface area contributed by atoms with Crippen LogP contribution in [0.15, 0.2) is 24.3 Å². The maximum absolute atomic E-state index is 11.9. The molecule has 0 heterocycles. The number of amides is 1. The van der Waals surface area contributed by atoms with Gasteiger partial charge in [0.2, 0.25) is 0 Å². The van der Waals surface area contributed by atoms with Gasteiger partial charge in [-0.1, -0.05) is 41.2 Å². The van der Waals surface area contributed by atoms with E-state index < -0.39 is 11.9 Å². The molecule has 2 rings (SSSR count). The Morgan fingerprint density at radius 3 is 2.60 bits per heavy atom. The van der Waals surface area contributed by atoms with E-state index in [1.807, 2.05) is 0 Å². The Kier molecular flexibility index (Phi) is 7.62. The van der Waals surface area contributed by atoms with Gasteiger partial charge >= 0.3 is 49.6 Å². The van der Waals surface area contributed by atoms with Crippen molar-refractivity contribution in [2.45, 2.75) is 25.7 Å². The molecule has 0 radical (unpaired) electrons. The van der Waals surface area contributed by atoms with Crippen LogP contribution in [-0.2, 0) is 9.63 Å². The summed E-state index contributed by atoms with van der Waals surface area (Å²) in [4.78, 5) is 28.1. The fourth-order valence-corrected chi connectivity index (χ4v) is 2.02. The zero-order valence-corrected chi connectivity index (χ0v) is 14.6. The normalized spacial score (nSPS) is 13.3. The van der Waals surface area contributed by atoms with E-state index in [1.165, 1.54) is 6.07 Å². The van der Waals surface area contributed by atoms with Gasteiger partial charge in [0.15, 0.2) is 0 Å². The van der Waals surface area contributed by atoms with Crippen LogP contribution in [0, 0.1) is 5.92 Å². The van der Waals surface area contributed by atoms with Crippen molar-refractivity contribution >= 4 is 73.0 Å². The van der Waals surface area contributed by atoms with Gasteiger partial charge in [0, 0.05) is 6.42 Å². The van der Waals surface area contributed by atoms with E-state index in [9.17, 15) is 9.59 Å². The summed E-state index contributed by atoms with van der Waals surface area (Å²) in [6, 6.07) is 6.42. The number of hydrogen-bond donors (Lipinski definition) is 0. The number of rotatable bonds is 4. The molecule has 0 aliphatic heterocycles. The Hall–Kier alpha value is -0.000260. The molecule has 1 aromatic carbocycles. The van der Waals surface area contributed by atoms with Gasteiger partial charge in [-0.05, 0) is 24.5 Å². The number of nitrogens with zero attached hydrogens (tertiary/aromatic N) is 1. The Labute approximate surface area is 160 Å². The first-order chi connectivity index (χ1) is 9.08. The van der Waals surface area contributed by atoms with Crippen molar-refractivity contribution in [2.24, 2.45) is 5.92 Å². The monoisotopic (exact) mass is 343 g/mol. The minimum atomic E-state index is -0.660. The summed E-state index contributed by atoms with van der Waals surface area (Å²) in [6.07, 6.45) is 3.38. The van der Waals surface area contributed by atoms with Crippen molar-refractivity contribution in [3.8, 4) is 0 Å². The molecule has 0 aromatic heterocycles. The molecule has 1 aromatic rings. The molecule has 20 heavy (non-hydrogen) atoms. The van der Waals surface area contributed by atoms with Crippen LogP contribution in [0.5, 0.6) is 0 Å². The van der Waals surface area contributed by atoms with Crippen LogP contribution in [0.1, 0.15) is 38.9 Å². The Morgan fingerprint density at radius 1 is 1.35 bits per heavy atom.